The molecule has 128 valence electrons. The third kappa shape index (κ3) is 7.36. The first-order chi connectivity index (χ1) is 11.4. The third-order valence-corrected chi connectivity index (χ3v) is 3.76. The summed E-state index contributed by atoms with van der Waals surface area (Å²) in [5.41, 5.74) is 0.519. The Bertz CT molecular complexity index is 669. The fourth-order valence-electron chi connectivity index (χ4n) is 1.77. The Morgan fingerprint density at radius 3 is 2.58 bits per heavy atom. The first-order valence-corrected chi connectivity index (χ1v) is 8.01. The number of hydrogen-bond donors (Lipinski definition) is 3. The van der Waals surface area contributed by atoms with E-state index < -0.39 is 11.9 Å². The minimum absolute atomic E-state index is 0.0772. The fourth-order valence-corrected chi connectivity index (χ4v) is 2.06. The second kappa shape index (κ2) is 10.5. The van der Waals surface area contributed by atoms with Crippen LogP contribution >= 0.6 is 23.2 Å². The van der Waals surface area contributed by atoms with Gasteiger partial charge in [0.05, 0.1) is 10.0 Å². The predicted octanol–water partition coefficient (Wildman–Crippen LogP) is 3.57. The molecule has 1 amide bonds. The van der Waals surface area contributed by atoms with Crippen LogP contribution in [0.15, 0.2) is 30.0 Å². The first-order valence-electron chi connectivity index (χ1n) is 7.26. The lowest BCUT2D eigenvalue weighted by Crippen LogP contribution is -2.26. The molecule has 6 nitrogen and oxygen atoms in total. The van der Waals surface area contributed by atoms with Gasteiger partial charge in [0.1, 0.15) is 11.6 Å². The zero-order valence-electron chi connectivity index (χ0n) is 12.8. The van der Waals surface area contributed by atoms with Crippen molar-refractivity contribution in [2.24, 2.45) is 0 Å². The van der Waals surface area contributed by atoms with Gasteiger partial charge in [-0.15, -0.1) is 0 Å². The van der Waals surface area contributed by atoms with E-state index in [2.05, 4.69) is 10.6 Å². The lowest BCUT2D eigenvalue weighted by Gasteiger charge is -2.06. The van der Waals surface area contributed by atoms with E-state index in [1.165, 1.54) is 6.20 Å². The Balaban J connectivity index is 2.44. The largest absolute Gasteiger partial charge is 0.481 e. The van der Waals surface area contributed by atoms with Crippen molar-refractivity contribution in [3.63, 3.8) is 0 Å². The topological polar surface area (TPSA) is 102 Å². The lowest BCUT2D eigenvalue weighted by atomic mass is 10.2. The lowest BCUT2D eigenvalue weighted by molar-refractivity contribution is -0.137. The van der Waals surface area contributed by atoms with E-state index >= 15 is 0 Å². The molecule has 1 rings (SSSR count). The molecule has 0 spiro atoms. The van der Waals surface area contributed by atoms with Crippen LogP contribution < -0.4 is 10.6 Å². The summed E-state index contributed by atoms with van der Waals surface area (Å²) in [5, 5.41) is 23.8. The third-order valence-electron chi connectivity index (χ3n) is 3.02. The Morgan fingerprint density at radius 1 is 1.21 bits per heavy atom. The summed E-state index contributed by atoms with van der Waals surface area (Å²) < 4.78 is 0. The SMILES string of the molecule is N#C/C(=C/Nc1ccc(Cl)c(Cl)c1)C(=O)NCCCCCC(=O)O. The van der Waals surface area contributed by atoms with Gasteiger partial charge in [0.2, 0.25) is 0 Å². The van der Waals surface area contributed by atoms with Crippen LogP contribution in [0.25, 0.3) is 0 Å². The van der Waals surface area contributed by atoms with Crippen LogP contribution in [0.2, 0.25) is 10.0 Å². The van der Waals surface area contributed by atoms with E-state index in [9.17, 15) is 9.59 Å². The standard InChI is InChI=1S/C16H17Cl2N3O3/c17-13-6-5-12(8-14(13)18)21-10-11(9-19)16(24)20-7-3-1-2-4-15(22)23/h5-6,8,10,21H,1-4,7H2,(H,20,24)(H,22,23)/b11-10-. The molecule has 0 aromatic heterocycles. The summed E-state index contributed by atoms with van der Waals surface area (Å²) in [6.45, 7) is 0.379. The molecule has 3 N–H and O–H groups in total. The number of nitriles is 1. The van der Waals surface area contributed by atoms with Crippen LogP contribution in [0, 0.1) is 11.3 Å². The second-order valence-electron chi connectivity index (χ2n) is 4.90. The monoisotopic (exact) mass is 369 g/mol. The number of nitrogens with one attached hydrogen (secondary N) is 2. The van der Waals surface area contributed by atoms with Gasteiger partial charge in [-0.1, -0.05) is 29.6 Å². The number of amides is 1. The van der Waals surface area contributed by atoms with Crippen molar-refractivity contribution in [3.8, 4) is 6.07 Å². The number of anilines is 1. The van der Waals surface area contributed by atoms with E-state index in [1.54, 1.807) is 18.2 Å². The average molecular weight is 370 g/mol. The molecule has 0 aliphatic carbocycles. The minimum atomic E-state index is -0.831. The van der Waals surface area contributed by atoms with Gasteiger partial charge in [-0.2, -0.15) is 5.26 Å². The Morgan fingerprint density at radius 2 is 1.96 bits per heavy atom. The number of aliphatic carboxylic acids is 1. The van der Waals surface area contributed by atoms with Crippen LogP contribution in [0.3, 0.4) is 0 Å². The summed E-state index contributed by atoms with van der Waals surface area (Å²) in [6, 6.07) is 6.66. The predicted molar refractivity (Wildman–Crippen MR) is 92.9 cm³/mol. The second-order valence-corrected chi connectivity index (χ2v) is 5.72. The number of nitrogens with zero attached hydrogens (tertiary/aromatic N) is 1. The highest BCUT2D eigenvalue weighted by Gasteiger charge is 2.08. The number of carboxylic acid groups (broad SMARTS) is 1. The van der Waals surface area contributed by atoms with Crippen molar-refractivity contribution in [3.05, 3.63) is 40.0 Å². The van der Waals surface area contributed by atoms with Gasteiger partial charge >= 0.3 is 5.97 Å². The van der Waals surface area contributed by atoms with Crippen molar-refractivity contribution in [1.29, 1.82) is 5.26 Å². The summed E-state index contributed by atoms with van der Waals surface area (Å²) in [6.07, 6.45) is 3.31. The molecule has 24 heavy (non-hydrogen) atoms. The number of rotatable bonds is 9. The first kappa shape index (κ1) is 19.8. The molecule has 0 radical (unpaired) electrons. The quantitative estimate of drug-likeness (QED) is 0.350. The van der Waals surface area contributed by atoms with Crippen molar-refractivity contribution in [2.75, 3.05) is 11.9 Å². The maximum absolute atomic E-state index is 11.9. The summed E-state index contributed by atoms with van der Waals surface area (Å²) >= 11 is 11.7. The van der Waals surface area contributed by atoms with Gasteiger partial charge in [0.25, 0.3) is 5.91 Å². The average Bonchev–Trinajstić information content (AvgIpc) is 2.54. The summed E-state index contributed by atoms with van der Waals surface area (Å²) in [7, 11) is 0. The van der Waals surface area contributed by atoms with Crippen molar-refractivity contribution >= 4 is 40.8 Å². The normalized spacial score (nSPS) is 10.8. The molecule has 1 aromatic rings. The van der Waals surface area contributed by atoms with E-state index in [4.69, 9.17) is 33.6 Å². The van der Waals surface area contributed by atoms with Crippen molar-refractivity contribution in [1.82, 2.24) is 5.32 Å². The number of benzene rings is 1. The maximum Gasteiger partial charge on any atom is 0.303 e. The Kier molecular flexibility index (Phi) is 8.69. The van der Waals surface area contributed by atoms with Crippen LogP contribution in [0.1, 0.15) is 25.7 Å². The molecular formula is C16H17Cl2N3O3. The number of carbonyl (C=O) groups excluding carboxylic acids is 1. The molecule has 0 atom stereocenters. The van der Waals surface area contributed by atoms with Gasteiger partial charge in [-0.3, -0.25) is 9.59 Å². The van der Waals surface area contributed by atoms with Gasteiger partial charge in [-0.25, -0.2) is 0 Å². The van der Waals surface area contributed by atoms with E-state index in [0.29, 0.717) is 41.5 Å². The van der Waals surface area contributed by atoms with Crippen LogP contribution in [0.4, 0.5) is 5.69 Å². The Labute approximate surface area is 150 Å². The molecule has 0 unspecified atom stereocenters. The van der Waals surface area contributed by atoms with Crippen LogP contribution in [-0.2, 0) is 9.59 Å². The highest BCUT2D eigenvalue weighted by molar-refractivity contribution is 6.42. The van der Waals surface area contributed by atoms with Gasteiger partial charge in [-0.05, 0) is 31.0 Å². The molecule has 0 fully saturated rings. The number of carbonyl (C=O) groups is 2. The molecule has 0 bridgehead atoms. The van der Waals surface area contributed by atoms with Crippen molar-refractivity contribution < 1.29 is 14.7 Å². The highest BCUT2D eigenvalue weighted by Crippen LogP contribution is 2.25. The van der Waals surface area contributed by atoms with Gasteiger partial charge in [0.15, 0.2) is 0 Å². The Hall–Kier alpha value is -2.23. The van der Waals surface area contributed by atoms with E-state index in [-0.39, 0.29) is 12.0 Å². The molecule has 0 heterocycles. The molecule has 0 saturated heterocycles. The van der Waals surface area contributed by atoms with Crippen LogP contribution in [0.5, 0.6) is 0 Å². The summed E-state index contributed by atoms with van der Waals surface area (Å²) in [5.74, 6) is -1.33. The smallest absolute Gasteiger partial charge is 0.303 e. The van der Waals surface area contributed by atoms with Crippen molar-refractivity contribution in [2.45, 2.75) is 25.7 Å². The van der Waals surface area contributed by atoms with Gasteiger partial charge in [0, 0.05) is 24.9 Å². The molecule has 1 aromatic carbocycles. The molecular weight excluding hydrogens is 353 g/mol. The fraction of sp³-hybridized carbons (Fsp3) is 0.312. The van der Waals surface area contributed by atoms with Gasteiger partial charge < -0.3 is 15.7 Å². The molecule has 0 saturated carbocycles. The zero-order chi connectivity index (χ0) is 17.9. The zero-order valence-corrected chi connectivity index (χ0v) is 14.3. The maximum atomic E-state index is 11.9. The molecule has 8 heteroatoms. The number of halogens is 2. The number of hydrogen-bond acceptors (Lipinski definition) is 4. The molecule has 0 aliphatic rings. The number of carboxylic acids is 1. The highest BCUT2D eigenvalue weighted by atomic mass is 35.5. The molecule has 0 aliphatic heterocycles. The van der Waals surface area contributed by atoms with E-state index in [0.717, 1.165) is 0 Å². The van der Waals surface area contributed by atoms with Crippen LogP contribution in [-0.4, -0.2) is 23.5 Å². The minimum Gasteiger partial charge on any atom is -0.481 e. The number of unbranched alkanes of at least 4 members (excludes halogenated alkanes) is 2. The summed E-state index contributed by atoms with van der Waals surface area (Å²) in [4.78, 5) is 22.2. The van der Waals surface area contributed by atoms with E-state index in [1.807, 2.05) is 6.07 Å².